The second kappa shape index (κ2) is 4.03. The molecule has 1 aromatic carbocycles. The summed E-state index contributed by atoms with van der Waals surface area (Å²) in [5.74, 6) is 0.923. The molecule has 0 N–H and O–H groups in total. The number of ether oxygens (including phenoxy) is 1. The topological polar surface area (TPSA) is 22.1 Å². The molecular formula is C12H13NOS. The molecule has 1 aromatic heterocycles. The van der Waals surface area contributed by atoms with Crippen LogP contribution in [0.3, 0.4) is 0 Å². The average Bonchev–Trinajstić information content (AvgIpc) is 2.65. The van der Waals surface area contributed by atoms with Gasteiger partial charge in [0, 0.05) is 16.6 Å². The van der Waals surface area contributed by atoms with Crippen LogP contribution in [0.15, 0.2) is 23.6 Å². The Morgan fingerprint density at radius 2 is 2.07 bits per heavy atom. The number of benzene rings is 1. The van der Waals surface area contributed by atoms with E-state index in [0.717, 1.165) is 27.6 Å². The highest BCUT2D eigenvalue weighted by atomic mass is 32.1. The number of hydrogen-bond acceptors (Lipinski definition) is 3. The molecule has 0 amide bonds. The van der Waals surface area contributed by atoms with Gasteiger partial charge in [-0.2, -0.15) is 0 Å². The van der Waals surface area contributed by atoms with Crippen molar-refractivity contribution in [2.75, 3.05) is 7.11 Å². The van der Waals surface area contributed by atoms with Crippen LogP contribution in [-0.4, -0.2) is 12.1 Å². The van der Waals surface area contributed by atoms with Gasteiger partial charge in [-0.15, -0.1) is 11.3 Å². The predicted octanol–water partition coefficient (Wildman–Crippen LogP) is 3.44. The van der Waals surface area contributed by atoms with Gasteiger partial charge in [-0.05, 0) is 37.6 Å². The summed E-state index contributed by atoms with van der Waals surface area (Å²) >= 11 is 1.67. The van der Waals surface area contributed by atoms with Crippen LogP contribution >= 0.6 is 11.3 Å². The molecule has 2 nitrogen and oxygen atoms in total. The van der Waals surface area contributed by atoms with Gasteiger partial charge in [0.25, 0.3) is 0 Å². The second-order valence-corrected chi connectivity index (χ2v) is 4.34. The number of aromatic nitrogens is 1. The minimum absolute atomic E-state index is 0.923. The van der Waals surface area contributed by atoms with Gasteiger partial charge >= 0.3 is 0 Å². The van der Waals surface area contributed by atoms with Crippen molar-refractivity contribution < 1.29 is 4.74 Å². The number of hydrogen-bond donors (Lipinski definition) is 0. The molecule has 0 unspecified atom stereocenters. The normalized spacial score (nSPS) is 10.3. The number of methoxy groups -OCH3 is 1. The lowest BCUT2D eigenvalue weighted by molar-refractivity contribution is 0.412. The van der Waals surface area contributed by atoms with Gasteiger partial charge in [0.1, 0.15) is 10.8 Å². The summed E-state index contributed by atoms with van der Waals surface area (Å²) in [6.07, 6.45) is 0. The van der Waals surface area contributed by atoms with Crippen molar-refractivity contribution in [2.45, 2.75) is 13.8 Å². The highest BCUT2D eigenvalue weighted by Crippen LogP contribution is 2.28. The van der Waals surface area contributed by atoms with E-state index in [4.69, 9.17) is 4.74 Å². The van der Waals surface area contributed by atoms with E-state index in [0.29, 0.717) is 0 Å². The van der Waals surface area contributed by atoms with Gasteiger partial charge < -0.3 is 4.74 Å². The molecule has 0 aliphatic rings. The zero-order valence-corrected chi connectivity index (χ0v) is 9.89. The van der Waals surface area contributed by atoms with E-state index in [2.05, 4.69) is 16.4 Å². The predicted molar refractivity (Wildman–Crippen MR) is 63.6 cm³/mol. The summed E-state index contributed by atoms with van der Waals surface area (Å²) < 4.78 is 5.22. The summed E-state index contributed by atoms with van der Waals surface area (Å²) in [6.45, 7) is 4.05. The standard InChI is InChI=1S/C12H13NOS/c1-8-6-10(4-5-11(8)14-3)12-13-9(2)7-15-12/h4-7H,1-3H3. The maximum Gasteiger partial charge on any atom is 0.123 e. The Morgan fingerprint density at radius 1 is 1.27 bits per heavy atom. The minimum Gasteiger partial charge on any atom is -0.496 e. The summed E-state index contributed by atoms with van der Waals surface area (Å²) in [4.78, 5) is 4.46. The zero-order chi connectivity index (χ0) is 10.8. The van der Waals surface area contributed by atoms with Crippen LogP contribution in [0.1, 0.15) is 11.3 Å². The van der Waals surface area contributed by atoms with Gasteiger partial charge in [0.05, 0.1) is 7.11 Å². The third kappa shape index (κ3) is 2.02. The molecule has 0 saturated heterocycles. The molecule has 1 heterocycles. The molecule has 78 valence electrons. The third-order valence-corrected chi connectivity index (χ3v) is 3.27. The van der Waals surface area contributed by atoms with E-state index in [-0.39, 0.29) is 0 Å². The van der Waals surface area contributed by atoms with Crippen molar-refractivity contribution in [1.82, 2.24) is 4.98 Å². The van der Waals surface area contributed by atoms with Crippen molar-refractivity contribution in [2.24, 2.45) is 0 Å². The van der Waals surface area contributed by atoms with Crippen LogP contribution in [0.25, 0.3) is 10.6 Å². The van der Waals surface area contributed by atoms with E-state index in [9.17, 15) is 0 Å². The number of nitrogens with zero attached hydrogens (tertiary/aromatic N) is 1. The summed E-state index contributed by atoms with van der Waals surface area (Å²) in [6, 6.07) is 6.14. The monoisotopic (exact) mass is 219 g/mol. The van der Waals surface area contributed by atoms with Crippen LogP contribution in [0, 0.1) is 13.8 Å². The molecule has 15 heavy (non-hydrogen) atoms. The first-order valence-electron chi connectivity index (χ1n) is 4.78. The van der Waals surface area contributed by atoms with Crippen LogP contribution in [0.2, 0.25) is 0 Å². The number of thiazole rings is 1. The first-order chi connectivity index (χ1) is 7.20. The molecule has 3 heteroatoms. The Hall–Kier alpha value is -1.35. The zero-order valence-electron chi connectivity index (χ0n) is 9.07. The average molecular weight is 219 g/mol. The Bertz CT molecular complexity index is 476. The molecule has 2 rings (SSSR count). The Labute approximate surface area is 93.6 Å². The third-order valence-electron chi connectivity index (χ3n) is 2.26. The first-order valence-corrected chi connectivity index (χ1v) is 5.66. The van der Waals surface area contributed by atoms with Crippen molar-refractivity contribution in [3.05, 3.63) is 34.8 Å². The molecule has 0 atom stereocenters. The van der Waals surface area contributed by atoms with Crippen molar-refractivity contribution in [3.63, 3.8) is 0 Å². The molecule has 0 radical (unpaired) electrons. The highest BCUT2D eigenvalue weighted by Gasteiger charge is 2.05. The summed E-state index contributed by atoms with van der Waals surface area (Å²) in [5, 5.41) is 3.13. The van der Waals surface area contributed by atoms with Crippen LogP contribution in [0.5, 0.6) is 5.75 Å². The lowest BCUT2D eigenvalue weighted by atomic mass is 10.1. The fraction of sp³-hybridized carbons (Fsp3) is 0.250. The Morgan fingerprint density at radius 3 is 2.60 bits per heavy atom. The molecule has 0 saturated carbocycles. The second-order valence-electron chi connectivity index (χ2n) is 3.48. The maximum atomic E-state index is 5.22. The fourth-order valence-corrected chi connectivity index (χ4v) is 2.29. The van der Waals surface area contributed by atoms with Crippen molar-refractivity contribution in [3.8, 4) is 16.3 Å². The van der Waals surface area contributed by atoms with E-state index in [1.807, 2.05) is 26.0 Å². The Balaban J connectivity index is 2.42. The largest absolute Gasteiger partial charge is 0.496 e. The van der Waals surface area contributed by atoms with Gasteiger partial charge in [0.15, 0.2) is 0 Å². The van der Waals surface area contributed by atoms with Crippen LogP contribution in [0.4, 0.5) is 0 Å². The summed E-state index contributed by atoms with van der Waals surface area (Å²) in [7, 11) is 1.69. The van der Waals surface area contributed by atoms with Crippen molar-refractivity contribution >= 4 is 11.3 Å². The molecule has 0 aliphatic heterocycles. The molecular weight excluding hydrogens is 206 g/mol. The van der Waals surface area contributed by atoms with E-state index >= 15 is 0 Å². The molecule has 2 aromatic rings. The highest BCUT2D eigenvalue weighted by molar-refractivity contribution is 7.13. The quantitative estimate of drug-likeness (QED) is 0.772. The smallest absolute Gasteiger partial charge is 0.123 e. The van der Waals surface area contributed by atoms with E-state index in [1.54, 1.807) is 18.4 Å². The van der Waals surface area contributed by atoms with Crippen molar-refractivity contribution in [1.29, 1.82) is 0 Å². The number of rotatable bonds is 2. The lowest BCUT2D eigenvalue weighted by Crippen LogP contribution is -1.87. The molecule has 0 bridgehead atoms. The lowest BCUT2D eigenvalue weighted by Gasteiger charge is -2.05. The minimum atomic E-state index is 0.923. The van der Waals surface area contributed by atoms with Gasteiger partial charge in [-0.1, -0.05) is 0 Å². The van der Waals surface area contributed by atoms with Gasteiger partial charge in [-0.3, -0.25) is 0 Å². The Kier molecular flexibility index (Phi) is 2.73. The SMILES string of the molecule is COc1ccc(-c2nc(C)cs2)cc1C. The van der Waals surface area contributed by atoms with E-state index < -0.39 is 0 Å². The van der Waals surface area contributed by atoms with Crippen LogP contribution in [-0.2, 0) is 0 Å². The van der Waals surface area contributed by atoms with Crippen LogP contribution < -0.4 is 4.74 Å². The molecule has 0 aliphatic carbocycles. The van der Waals surface area contributed by atoms with Gasteiger partial charge in [-0.25, -0.2) is 4.98 Å². The number of aryl methyl sites for hydroxylation is 2. The van der Waals surface area contributed by atoms with E-state index in [1.165, 1.54) is 0 Å². The fourth-order valence-electron chi connectivity index (χ4n) is 1.50. The molecule has 0 spiro atoms. The maximum absolute atomic E-state index is 5.22. The first kappa shape index (κ1) is 10.2. The molecule has 0 fully saturated rings. The summed E-state index contributed by atoms with van der Waals surface area (Å²) in [5.41, 5.74) is 3.37. The van der Waals surface area contributed by atoms with Gasteiger partial charge in [0.2, 0.25) is 0 Å².